The molecule has 0 bridgehead atoms. The van der Waals surface area contributed by atoms with E-state index in [9.17, 15) is 0 Å². The summed E-state index contributed by atoms with van der Waals surface area (Å²) in [6.45, 7) is 3.23. The van der Waals surface area contributed by atoms with E-state index in [2.05, 4.69) is 46.5 Å². The van der Waals surface area contributed by atoms with Crippen molar-refractivity contribution in [2.24, 2.45) is 0 Å². The number of benzene rings is 1. The van der Waals surface area contributed by atoms with Gasteiger partial charge in [0.15, 0.2) is 0 Å². The van der Waals surface area contributed by atoms with E-state index in [1.54, 1.807) is 0 Å². The van der Waals surface area contributed by atoms with Gasteiger partial charge in [-0.25, -0.2) is 4.98 Å². The Morgan fingerprint density at radius 2 is 2.00 bits per heavy atom. The van der Waals surface area contributed by atoms with Crippen LogP contribution in [0.25, 0.3) is 11.3 Å². The van der Waals surface area contributed by atoms with Crippen molar-refractivity contribution in [3.63, 3.8) is 0 Å². The van der Waals surface area contributed by atoms with Crippen LogP contribution in [-0.2, 0) is 12.8 Å². The van der Waals surface area contributed by atoms with E-state index in [1.165, 1.54) is 30.4 Å². The first kappa shape index (κ1) is 13.4. The van der Waals surface area contributed by atoms with Crippen molar-refractivity contribution in [2.45, 2.75) is 45.1 Å². The summed E-state index contributed by atoms with van der Waals surface area (Å²) < 4.78 is 0. The van der Waals surface area contributed by atoms with E-state index in [0.29, 0.717) is 0 Å². The third kappa shape index (κ3) is 3.48. The van der Waals surface area contributed by atoms with Crippen LogP contribution in [0.5, 0.6) is 0 Å². The number of imidazole rings is 1. The van der Waals surface area contributed by atoms with Gasteiger partial charge in [-0.15, -0.1) is 0 Å². The SMILES string of the molecule is CCCc1ccc(-c2cnc(CCNC3CC3)[nH]2)cc1. The van der Waals surface area contributed by atoms with Crippen molar-refractivity contribution in [1.29, 1.82) is 0 Å². The first-order valence-corrected chi connectivity index (χ1v) is 7.71. The normalized spacial score (nSPS) is 14.7. The highest BCUT2D eigenvalue weighted by Gasteiger charge is 2.19. The van der Waals surface area contributed by atoms with Gasteiger partial charge in [-0.2, -0.15) is 0 Å². The molecule has 3 heteroatoms. The van der Waals surface area contributed by atoms with E-state index in [-0.39, 0.29) is 0 Å². The average Bonchev–Trinajstić information content (AvgIpc) is 3.17. The minimum absolute atomic E-state index is 0.774. The van der Waals surface area contributed by atoms with Crippen molar-refractivity contribution in [3.05, 3.63) is 41.9 Å². The van der Waals surface area contributed by atoms with Crippen molar-refractivity contribution in [2.75, 3.05) is 6.54 Å². The summed E-state index contributed by atoms with van der Waals surface area (Å²) in [6, 6.07) is 9.58. The minimum Gasteiger partial charge on any atom is -0.342 e. The molecule has 0 spiro atoms. The lowest BCUT2D eigenvalue weighted by atomic mass is 10.1. The molecule has 0 radical (unpaired) electrons. The van der Waals surface area contributed by atoms with Gasteiger partial charge < -0.3 is 10.3 Å². The molecule has 1 aliphatic carbocycles. The second-order valence-corrected chi connectivity index (χ2v) is 5.67. The lowest BCUT2D eigenvalue weighted by Crippen LogP contribution is -2.19. The number of aryl methyl sites for hydroxylation is 1. The Labute approximate surface area is 120 Å². The Kier molecular flexibility index (Phi) is 4.16. The fraction of sp³-hybridized carbons (Fsp3) is 0.471. The smallest absolute Gasteiger partial charge is 0.107 e. The van der Waals surface area contributed by atoms with Crippen LogP contribution in [0.2, 0.25) is 0 Å². The molecule has 1 aromatic carbocycles. The molecule has 0 unspecified atom stereocenters. The van der Waals surface area contributed by atoms with Crippen molar-refractivity contribution in [3.8, 4) is 11.3 Å². The quantitative estimate of drug-likeness (QED) is 0.809. The molecule has 1 fully saturated rings. The molecule has 106 valence electrons. The number of hydrogen-bond donors (Lipinski definition) is 2. The van der Waals surface area contributed by atoms with Crippen LogP contribution in [0, 0.1) is 0 Å². The Morgan fingerprint density at radius 3 is 2.70 bits per heavy atom. The molecule has 1 aliphatic rings. The van der Waals surface area contributed by atoms with E-state index in [0.717, 1.165) is 36.9 Å². The summed E-state index contributed by atoms with van der Waals surface area (Å²) in [5.74, 6) is 1.07. The van der Waals surface area contributed by atoms with Crippen LogP contribution in [0.3, 0.4) is 0 Å². The maximum atomic E-state index is 4.47. The zero-order chi connectivity index (χ0) is 13.8. The largest absolute Gasteiger partial charge is 0.342 e. The van der Waals surface area contributed by atoms with E-state index >= 15 is 0 Å². The lowest BCUT2D eigenvalue weighted by molar-refractivity contribution is 0.669. The zero-order valence-electron chi connectivity index (χ0n) is 12.2. The van der Waals surface area contributed by atoms with Crippen LogP contribution in [0.1, 0.15) is 37.6 Å². The van der Waals surface area contributed by atoms with Crippen molar-refractivity contribution >= 4 is 0 Å². The number of nitrogens with one attached hydrogen (secondary N) is 2. The topological polar surface area (TPSA) is 40.7 Å². The van der Waals surface area contributed by atoms with Crippen LogP contribution in [0.15, 0.2) is 30.5 Å². The number of aromatic nitrogens is 2. The number of H-pyrrole nitrogens is 1. The molecule has 3 rings (SSSR count). The Balaban J connectivity index is 1.59. The van der Waals surface area contributed by atoms with Gasteiger partial charge in [0.2, 0.25) is 0 Å². The lowest BCUT2D eigenvalue weighted by Gasteiger charge is -2.02. The van der Waals surface area contributed by atoms with Crippen LogP contribution in [-0.4, -0.2) is 22.6 Å². The Morgan fingerprint density at radius 1 is 1.20 bits per heavy atom. The molecule has 0 atom stereocenters. The van der Waals surface area contributed by atoms with Gasteiger partial charge in [-0.1, -0.05) is 37.6 Å². The fourth-order valence-electron chi connectivity index (χ4n) is 2.46. The maximum absolute atomic E-state index is 4.47. The van der Waals surface area contributed by atoms with Crippen molar-refractivity contribution < 1.29 is 0 Å². The summed E-state index contributed by atoms with van der Waals surface area (Å²) >= 11 is 0. The van der Waals surface area contributed by atoms with Gasteiger partial charge in [0, 0.05) is 19.0 Å². The maximum Gasteiger partial charge on any atom is 0.107 e. The van der Waals surface area contributed by atoms with E-state index in [1.807, 2.05) is 6.20 Å². The number of hydrogen-bond acceptors (Lipinski definition) is 2. The summed E-state index contributed by atoms with van der Waals surface area (Å²) in [5, 5.41) is 3.52. The Bertz CT molecular complexity index is 538. The summed E-state index contributed by atoms with van der Waals surface area (Å²) in [4.78, 5) is 7.90. The predicted octanol–water partition coefficient (Wildman–Crippen LogP) is 3.32. The van der Waals surface area contributed by atoms with E-state index < -0.39 is 0 Å². The molecule has 0 saturated heterocycles. The predicted molar refractivity (Wildman–Crippen MR) is 82.7 cm³/mol. The number of rotatable bonds is 7. The van der Waals surface area contributed by atoms with E-state index in [4.69, 9.17) is 0 Å². The second kappa shape index (κ2) is 6.23. The second-order valence-electron chi connectivity index (χ2n) is 5.67. The molecule has 1 aromatic heterocycles. The molecule has 1 heterocycles. The van der Waals surface area contributed by atoms with Crippen LogP contribution < -0.4 is 5.32 Å². The minimum atomic E-state index is 0.774. The molecular weight excluding hydrogens is 246 g/mol. The standard InChI is InChI=1S/C17H23N3/c1-2-3-13-4-6-14(7-5-13)16-12-19-17(20-16)10-11-18-15-8-9-15/h4-7,12,15,18H,2-3,8-11H2,1H3,(H,19,20). The van der Waals surface area contributed by atoms with Gasteiger partial charge in [-0.05, 0) is 30.4 Å². The highest BCUT2D eigenvalue weighted by atomic mass is 15.0. The molecule has 2 aromatic rings. The number of nitrogens with zero attached hydrogens (tertiary/aromatic N) is 1. The third-order valence-corrected chi connectivity index (χ3v) is 3.80. The molecule has 3 nitrogen and oxygen atoms in total. The monoisotopic (exact) mass is 269 g/mol. The molecule has 20 heavy (non-hydrogen) atoms. The fourth-order valence-corrected chi connectivity index (χ4v) is 2.46. The molecule has 0 amide bonds. The molecule has 1 saturated carbocycles. The molecule has 2 N–H and O–H groups in total. The summed E-state index contributed by atoms with van der Waals surface area (Å²) in [7, 11) is 0. The van der Waals surface area contributed by atoms with Gasteiger partial charge in [0.05, 0.1) is 11.9 Å². The molecular formula is C17H23N3. The first-order chi connectivity index (χ1) is 9.85. The van der Waals surface area contributed by atoms with Gasteiger partial charge >= 0.3 is 0 Å². The van der Waals surface area contributed by atoms with Crippen LogP contribution in [0.4, 0.5) is 0 Å². The van der Waals surface area contributed by atoms with Crippen LogP contribution >= 0.6 is 0 Å². The molecule has 0 aliphatic heterocycles. The van der Waals surface area contributed by atoms with Gasteiger partial charge in [0.25, 0.3) is 0 Å². The van der Waals surface area contributed by atoms with Gasteiger partial charge in [-0.3, -0.25) is 0 Å². The highest BCUT2D eigenvalue weighted by Crippen LogP contribution is 2.19. The summed E-state index contributed by atoms with van der Waals surface area (Å²) in [6.07, 6.45) is 7.95. The summed E-state index contributed by atoms with van der Waals surface area (Å²) in [5.41, 5.74) is 3.75. The Hall–Kier alpha value is -1.61. The first-order valence-electron chi connectivity index (χ1n) is 7.71. The van der Waals surface area contributed by atoms with Gasteiger partial charge in [0.1, 0.15) is 5.82 Å². The third-order valence-electron chi connectivity index (χ3n) is 3.80. The van der Waals surface area contributed by atoms with Crippen molar-refractivity contribution in [1.82, 2.24) is 15.3 Å². The average molecular weight is 269 g/mol. The number of aromatic amines is 1. The zero-order valence-corrected chi connectivity index (χ0v) is 12.2. The highest BCUT2D eigenvalue weighted by molar-refractivity contribution is 5.58.